The van der Waals surface area contributed by atoms with Crippen molar-refractivity contribution < 1.29 is 9.59 Å². The number of likely N-dealkylation sites (N-methyl/N-ethyl adjacent to an activating group) is 1. The van der Waals surface area contributed by atoms with Crippen LogP contribution in [0.25, 0.3) is 0 Å². The van der Waals surface area contributed by atoms with Crippen molar-refractivity contribution in [2.45, 2.75) is 39.1 Å². The Morgan fingerprint density at radius 1 is 1.07 bits per heavy atom. The van der Waals surface area contributed by atoms with E-state index < -0.39 is 6.04 Å². The van der Waals surface area contributed by atoms with Crippen LogP contribution in [0.2, 0.25) is 10.0 Å². The molecule has 29 heavy (non-hydrogen) atoms. The molecule has 0 aliphatic heterocycles. The largest absolute Gasteiger partial charge is 0.355 e. The van der Waals surface area contributed by atoms with E-state index in [9.17, 15) is 9.59 Å². The van der Waals surface area contributed by atoms with E-state index in [1.807, 2.05) is 19.9 Å². The van der Waals surface area contributed by atoms with Gasteiger partial charge >= 0.3 is 0 Å². The fraction of sp³-hybridized carbons (Fsp3) is 0.364. The lowest BCUT2D eigenvalue weighted by Crippen LogP contribution is -2.48. The number of nitrogens with one attached hydrogen (secondary N) is 1. The highest BCUT2D eigenvalue weighted by molar-refractivity contribution is 7.99. The maximum Gasteiger partial charge on any atom is 0.242 e. The molecule has 0 spiro atoms. The molecule has 0 radical (unpaired) electrons. The molecular weight excluding hydrogens is 427 g/mol. The number of nitrogens with zero attached hydrogens (tertiary/aromatic N) is 1. The first-order valence-electron chi connectivity index (χ1n) is 9.46. The molecule has 2 amide bonds. The molecule has 0 aliphatic rings. The molecular formula is C22H26Cl2N2O2S. The highest BCUT2D eigenvalue weighted by Gasteiger charge is 2.25. The van der Waals surface area contributed by atoms with Crippen LogP contribution in [0.1, 0.15) is 30.5 Å². The van der Waals surface area contributed by atoms with Crippen molar-refractivity contribution in [3.63, 3.8) is 0 Å². The molecule has 2 aromatic rings. The van der Waals surface area contributed by atoms with Gasteiger partial charge in [-0.1, -0.05) is 59.1 Å². The van der Waals surface area contributed by atoms with E-state index in [-0.39, 0.29) is 11.8 Å². The van der Waals surface area contributed by atoms with E-state index in [0.29, 0.717) is 28.9 Å². The molecule has 0 bridgehead atoms. The number of aryl methyl sites for hydroxylation is 1. The second kappa shape index (κ2) is 11.5. The van der Waals surface area contributed by atoms with Gasteiger partial charge in [-0.25, -0.2) is 0 Å². The fourth-order valence-corrected chi connectivity index (χ4v) is 3.95. The van der Waals surface area contributed by atoms with Crippen LogP contribution in [0.3, 0.4) is 0 Å². The highest BCUT2D eigenvalue weighted by atomic mass is 35.5. The minimum atomic E-state index is -0.586. The standard InChI is InChI=1S/C22H26Cl2N2O2S/c1-4-25-22(28)16(3)26(12-18-9-10-19(23)20(24)11-18)21(27)14-29-13-17-7-5-15(2)6-8-17/h5-11,16H,4,12-14H2,1-3H3,(H,25,28). The van der Waals surface area contributed by atoms with Gasteiger partial charge in [-0.3, -0.25) is 9.59 Å². The minimum absolute atomic E-state index is 0.0908. The van der Waals surface area contributed by atoms with Crippen molar-refractivity contribution >= 4 is 46.8 Å². The number of carbonyl (C=O) groups excluding carboxylic acids is 2. The lowest BCUT2D eigenvalue weighted by molar-refractivity contribution is -0.138. The Morgan fingerprint density at radius 2 is 1.72 bits per heavy atom. The van der Waals surface area contributed by atoms with Crippen LogP contribution in [-0.2, 0) is 21.9 Å². The normalized spacial score (nSPS) is 11.8. The topological polar surface area (TPSA) is 49.4 Å². The Morgan fingerprint density at radius 3 is 2.34 bits per heavy atom. The van der Waals surface area contributed by atoms with Crippen molar-refractivity contribution in [1.82, 2.24) is 10.2 Å². The second-order valence-electron chi connectivity index (χ2n) is 6.82. The fourth-order valence-electron chi connectivity index (χ4n) is 2.76. The van der Waals surface area contributed by atoms with Crippen LogP contribution < -0.4 is 5.32 Å². The number of halogens is 2. The zero-order valence-electron chi connectivity index (χ0n) is 16.9. The molecule has 0 aromatic heterocycles. The van der Waals surface area contributed by atoms with Crippen molar-refractivity contribution in [1.29, 1.82) is 0 Å². The molecule has 0 heterocycles. The summed E-state index contributed by atoms with van der Waals surface area (Å²) in [6.45, 7) is 6.45. The molecule has 1 N–H and O–H groups in total. The van der Waals surface area contributed by atoms with Crippen LogP contribution in [0.4, 0.5) is 0 Å². The lowest BCUT2D eigenvalue weighted by Gasteiger charge is -2.28. The third-order valence-electron chi connectivity index (χ3n) is 4.47. The molecule has 0 aliphatic carbocycles. The molecule has 156 valence electrons. The smallest absolute Gasteiger partial charge is 0.242 e. The number of hydrogen-bond acceptors (Lipinski definition) is 3. The number of benzene rings is 2. The average molecular weight is 453 g/mol. The van der Waals surface area contributed by atoms with Crippen molar-refractivity contribution in [3.05, 3.63) is 69.2 Å². The van der Waals surface area contributed by atoms with E-state index in [0.717, 1.165) is 11.3 Å². The Labute approximate surface area is 187 Å². The summed E-state index contributed by atoms with van der Waals surface area (Å²) >= 11 is 13.6. The summed E-state index contributed by atoms with van der Waals surface area (Å²) in [5, 5.41) is 3.67. The monoisotopic (exact) mass is 452 g/mol. The Bertz CT molecular complexity index is 843. The maximum absolute atomic E-state index is 13.0. The van der Waals surface area contributed by atoms with Gasteiger partial charge in [0.2, 0.25) is 11.8 Å². The summed E-state index contributed by atoms with van der Waals surface area (Å²) in [6, 6.07) is 12.9. The summed E-state index contributed by atoms with van der Waals surface area (Å²) in [6.07, 6.45) is 0. The van der Waals surface area contributed by atoms with Gasteiger partial charge in [-0.2, -0.15) is 0 Å². The molecule has 2 rings (SSSR count). The zero-order chi connectivity index (χ0) is 21.4. The molecule has 4 nitrogen and oxygen atoms in total. The first-order valence-corrected chi connectivity index (χ1v) is 11.4. The van der Waals surface area contributed by atoms with Gasteiger partial charge in [0.1, 0.15) is 6.04 Å². The number of hydrogen-bond donors (Lipinski definition) is 1. The van der Waals surface area contributed by atoms with Crippen LogP contribution >= 0.6 is 35.0 Å². The molecule has 0 fully saturated rings. The molecule has 1 atom stereocenters. The van der Waals surface area contributed by atoms with Gasteiger partial charge in [0.25, 0.3) is 0 Å². The van der Waals surface area contributed by atoms with E-state index in [1.54, 1.807) is 24.0 Å². The van der Waals surface area contributed by atoms with Gasteiger partial charge in [0.15, 0.2) is 0 Å². The summed E-state index contributed by atoms with van der Waals surface area (Å²) in [5.74, 6) is 0.762. The van der Waals surface area contributed by atoms with Gasteiger partial charge in [-0.15, -0.1) is 11.8 Å². The molecule has 2 aromatic carbocycles. The Hall–Kier alpha value is -1.69. The predicted octanol–water partition coefficient (Wildman–Crippen LogP) is 5.09. The van der Waals surface area contributed by atoms with Gasteiger partial charge in [0.05, 0.1) is 15.8 Å². The zero-order valence-corrected chi connectivity index (χ0v) is 19.2. The van der Waals surface area contributed by atoms with Crippen molar-refractivity contribution in [2.24, 2.45) is 0 Å². The maximum atomic E-state index is 13.0. The van der Waals surface area contributed by atoms with E-state index in [1.165, 1.54) is 22.9 Å². The van der Waals surface area contributed by atoms with Crippen LogP contribution in [0.15, 0.2) is 42.5 Å². The number of rotatable bonds is 9. The lowest BCUT2D eigenvalue weighted by atomic mass is 10.1. The van der Waals surface area contributed by atoms with Crippen molar-refractivity contribution in [2.75, 3.05) is 12.3 Å². The SMILES string of the molecule is CCNC(=O)C(C)N(Cc1ccc(Cl)c(Cl)c1)C(=O)CSCc1ccc(C)cc1. The number of carbonyl (C=O) groups is 2. The second-order valence-corrected chi connectivity index (χ2v) is 8.62. The Balaban J connectivity index is 2.07. The summed E-state index contributed by atoms with van der Waals surface area (Å²) in [5.41, 5.74) is 3.20. The summed E-state index contributed by atoms with van der Waals surface area (Å²) in [7, 11) is 0. The minimum Gasteiger partial charge on any atom is -0.355 e. The summed E-state index contributed by atoms with van der Waals surface area (Å²) < 4.78 is 0. The van der Waals surface area contributed by atoms with Crippen LogP contribution in [-0.4, -0.2) is 35.1 Å². The third kappa shape index (κ3) is 7.25. The van der Waals surface area contributed by atoms with Crippen LogP contribution in [0.5, 0.6) is 0 Å². The quantitative estimate of drug-likeness (QED) is 0.576. The molecule has 0 saturated carbocycles. The number of amides is 2. The highest BCUT2D eigenvalue weighted by Crippen LogP contribution is 2.24. The molecule has 0 saturated heterocycles. The average Bonchev–Trinajstić information content (AvgIpc) is 2.69. The summed E-state index contributed by atoms with van der Waals surface area (Å²) in [4.78, 5) is 26.9. The van der Waals surface area contributed by atoms with Crippen LogP contribution in [0, 0.1) is 6.92 Å². The first kappa shape index (κ1) is 23.6. The first-order chi connectivity index (χ1) is 13.8. The Kier molecular flexibility index (Phi) is 9.34. The van der Waals surface area contributed by atoms with Gasteiger partial charge in [-0.05, 0) is 44.0 Å². The van der Waals surface area contributed by atoms with E-state index in [4.69, 9.17) is 23.2 Å². The predicted molar refractivity (Wildman–Crippen MR) is 122 cm³/mol. The van der Waals surface area contributed by atoms with Gasteiger partial charge < -0.3 is 10.2 Å². The van der Waals surface area contributed by atoms with E-state index >= 15 is 0 Å². The van der Waals surface area contributed by atoms with Gasteiger partial charge in [0, 0.05) is 18.8 Å². The molecule has 7 heteroatoms. The molecule has 1 unspecified atom stereocenters. The third-order valence-corrected chi connectivity index (χ3v) is 6.20. The van der Waals surface area contributed by atoms with Crippen molar-refractivity contribution in [3.8, 4) is 0 Å². The number of thioether (sulfide) groups is 1. The van der Waals surface area contributed by atoms with E-state index in [2.05, 4.69) is 29.6 Å².